The number of aliphatic hydroxyl groups excluding tert-OH is 1. The van der Waals surface area contributed by atoms with Gasteiger partial charge in [-0.15, -0.1) is 0 Å². The highest BCUT2D eigenvalue weighted by Crippen LogP contribution is 2.22. The van der Waals surface area contributed by atoms with Gasteiger partial charge in [-0.2, -0.15) is 0 Å². The van der Waals surface area contributed by atoms with Crippen LogP contribution in [0.25, 0.3) is 11.3 Å². The fraction of sp³-hybridized carbons (Fsp3) is 0.188. The Morgan fingerprint density at radius 3 is 2.25 bits per heavy atom. The second-order valence-corrected chi connectivity index (χ2v) is 4.85. The first-order chi connectivity index (χ1) is 11.5. The van der Waals surface area contributed by atoms with E-state index in [-0.39, 0.29) is 12.6 Å². The maximum atomic E-state index is 9.10. The molecule has 8 heteroatoms. The van der Waals surface area contributed by atoms with Gasteiger partial charge in [0.2, 0.25) is 0 Å². The smallest absolute Gasteiger partial charge is 0.414 e. The maximum absolute atomic E-state index is 9.10. The predicted molar refractivity (Wildman–Crippen MR) is 84.8 cm³/mol. The van der Waals surface area contributed by atoms with E-state index in [1.54, 1.807) is 0 Å². The summed E-state index contributed by atoms with van der Waals surface area (Å²) >= 11 is 0. The number of hydrogen-bond donors (Lipinski definition) is 4. The van der Waals surface area contributed by atoms with Gasteiger partial charge in [0.15, 0.2) is 11.6 Å². The minimum atomic E-state index is -1.82. The van der Waals surface area contributed by atoms with E-state index in [4.69, 9.17) is 29.3 Å². The van der Waals surface area contributed by atoms with Crippen LogP contribution in [0.4, 0.5) is 0 Å². The number of nitrogens with zero attached hydrogens (tertiary/aromatic N) is 1. The largest absolute Gasteiger partial charge is 0.473 e. The summed E-state index contributed by atoms with van der Waals surface area (Å²) in [6, 6.07) is 13.8. The van der Waals surface area contributed by atoms with E-state index in [9.17, 15) is 0 Å². The quantitative estimate of drug-likeness (QED) is 0.611. The molecule has 0 aliphatic carbocycles. The number of aliphatic imine (C=N–C) groups is 1. The van der Waals surface area contributed by atoms with E-state index in [0.717, 1.165) is 17.2 Å². The fourth-order valence-corrected chi connectivity index (χ4v) is 1.96. The number of furan rings is 1. The molecule has 0 radical (unpaired) electrons. The molecule has 0 saturated heterocycles. The summed E-state index contributed by atoms with van der Waals surface area (Å²) in [5.74, 6) is -1.39. The average Bonchev–Trinajstić information content (AvgIpc) is 3.25. The Balaban J connectivity index is 0.000000301. The van der Waals surface area contributed by atoms with Gasteiger partial charge in [-0.25, -0.2) is 9.59 Å². The molecule has 24 heavy (non-hydrogen) atoms. The summed E-state index contributed by atoms with van der Waals surface area (Å²) in [5, 5.41) is 27.0. The Morgan fingerprint density at radius 1 is 1.08 bits per heavy atom. The first kappa shape index (κ1) is 17.2. The highest BCUT2D eigenvalue weighted by molar-refractivity contribution is 6.27. The Morgan fingerprint density at radius 2 is 1.71 bits per heavy atom. The third-order valence-corrected chi connectivity index (χ3v) is 3.11. The van der Waals surface area contributed by atoms with E-state index in [0.29, 0.717) is 12.3 Å². The molecule has 0 bridgehead atoms. The van der Waals surface area contributed by atoms with Crippen LogP contribution >= 0.6 is 0 Å². The van der Waals surface area contributed by atoms with E-state index in [1.807, 2.05) is 42.5 Å². The SMILES string of the molecule is O=C(O)C(=O)O.OCC1CN=C(c2ccc(-c3ccccc3)o2)N1. The molecular formula is C16H16N2O6. The molecule has 1 aliphatic rings. The van der Waals surface area contributed by atoms with Crippen LogP contribution in [0.15, 0.2) is 51.9 Å². The van der Waals surface area contributed by atoms with Gasteiger partial charge >= 0.3 is 11.9 Å². The van der Waals surface area contributed by atoms with Crippen LogP contribution in [0.2, 0.25) is 0 Å². The van der Waals surface area contributed by atoms with E-state index >= 15 is 0 Å². The van der Waals surface area contributed by atoms with Crippen molar-refractivity contribution >= 4 is 17.8 Å². The van der Waals surface area contributed by atoms with Crippen LogP contribution < -0.4 is 5.32 Å². The first-order valence-electron chi connectivity index (χ1n) is 7.05. The van der Waals surface area contributed by atoms with E-state index < -0.39 is 11.9 Å². The molecule has 126 valence electrons. The third kappa shape index (κ3) is 4.43. The van der Waals surface area contributed by atoms with Crippen molar-refractivity contribution in [3.8, 4) is 11.3 Å². The van der Waals surface area contributed by atoms with Crippen LogP contribution in [0, 0.1) is 0 Å². The molecule has 0 spiro atoms. The van der Waals surface area contributed by atoms with Crippen LogP contribution in [0.5, 0.6) is 0 Å². The van der Waals surface area contributed by atoms with Gasteiger partial charge in [-0.3, -0.25) is 4.99 Å². The normalized spacial score (nSPS) is 15.7. The van der Waals surface area contributed by atoms with Crippen LogP contribution in [0.1, 0.15) is 5.76 Å². The summed E-state index contributed by atoms with van der Waals surface area (Å²) in [6.45, 7) is 0.673. The molecule has 8 nitrogen and oxygen atoms in total. The molecule has 2 heterocycles. The molecule has 4 N–H and O–H groups in total. The molecule has 1 aromatic carbocycles. The number of rotatable bonds is 3. The minimum absolute atomic E-state index is 0.00488. The third-order valence-electron chi connectivity index (χ3n) is 3.11. The van der Waals surface area contributed by atoms with Gasteiger partial charge in [-0.1, -0.05) is 30.3 Å². The number of carboxylic acids is 2. The van der Waals surface area contributed by atoms with Gasteiger partial charge in [0.25, 0.3) is 0 Å². The number of aliphatic carboxylic acids is 2. The molecule has 1 aliphatic heterocycles. The van der Waals surface area contributed by atoms with Crippen molar-refractivity contribution in [3.05, 3.63) is 48.2 Å². The van der Waals surface area contributed by atoms with E-state index in [2.05, 4.69) is 10.3 Å². The summed E-state index contributed by atoms with van der Waals surface area (Å²) in [5.41, 5.74) is 1.04. The molecule has 1 atom stereocenters. The summed E-state index contributed by atoms with van der Waals surface area (Å²) in [4.78, 5) is 22.5. The Labute approximate surface area is 137 Å². The lowest BCUT2D eigenvalue weighted by Gasteiger charge is -2.05. The highest BCUT2D eigenvalue weighted by atomic mass is 16.4. The standard InChI is InChI=1S/C14H14N2O2.C2H2O4/c17-9-11-8-15-14(16-11)13-7-6-12(18-13)10-4-2-1-3-5-10;3-1(4)2(5)6/h1-7,11,17H,8-9H2,(H,15,16);(H,3,4)(H,5,6). The summed E-state index contributed by atoms with van der Waals surface area (Å²) in [6.07, 6.45) is 0. The lowest BCUT2D eigenvalue weighted by atomic mass is 10.2. The molecular weight excluding hydrogens is 316 g/mol. The van der Waals surface area contributed by atoms with Crippen molar-refractivity contribution in [1.82, 2.24) is 5.32 Å². The van der Waals surface area contributed by atoms with Crippen molar-refractivity contribution in [3.63, 3.8) is 0 Å². The number of aliphatic hydroxyl groups is 1. The zero-order valence-electron chi connectivity index (χ0n) is 12.5. The monoisotopic (exact) mass is 332 g/mol. The number of benzene rings is 1. The predicted octanol–water partition coefficient (Wildman–Crippen LogP) is 0.813. The van der Waals surface area contributed by atoms with Crippen molar-refractivity contribution in [1.29, 1.82) is 0 Å². The highest BCUT2D eigenvalue weighted by Gasteiger charge is 2.20. The second-order valence-electron chi connectivity index (χ2n) is 4.85. The van der Waals surface area contributed by atoms with Gasteiger partial charge in [0.1, 0.15) is 5.76 Å². The summed E-state index contributed by atoms with van der Waals surface area (Å²) < 4.78 is 5.77. The van der Waals surface area contributed by atoms with Crippen molar-refractivity contribution in [2.24, 2.45) is 4.99 Å². The molecule has 0 fully saturated rings. The second kappa shape index (κ2) is 7.93. The lowest BCUT2D eigenvalue weighted by molar-refractivity contribution is -0.159. The van der Waals surface area contributed by atoms with E-state index in [1.165, 1.54) is 0 Å². The van der Waals surface area contributed by atoms with Gasteiger partial charge in [-0.05, 0) is 12.1 Å². The molecule has 0 amide bonds. The van der Waals surface area contributed by atoms with Crippen LogP contribution in [0.3, 0.4) is 0 Å². The molecule has 3 rings (SSSR count). The molecule has 1 unspecified atom stereocenters. The van der Waals surface area contributed by atoms with Crippen molar-refractivity contribution < 1.29 is 29.3 Å². The molecule has 0 saturated carbocycles. The zero-order chi connectivity index (χ0) is 17.5. The Hall–Kier alpha value is -3.13. The van der Waals surface area contributed by atoms with Gasteiger partial charge in [0.05, 0.1) is 19.2 Å². The maximum Gasteiger partial charge on any atom is 0.414 e. The number of carboxylic acid groups (broad SMARTS) is 2. The number of hydrogen-bond acceptors (Lipinski definition) is 6. The minimum Gasteiger partial charge on any atom is -0.473 e. The Kier molecular flexibility index (Phi) is 5.69. The van der Waals surface area contributed by atoms with Gasteiger partial charge in [0, 0.05) is 5.56 Å². The van der Waals surface area contributed by atoms with Gasteiger partial charge < -0.3 is 25.1 Å². The van der Waals surface area contributed by atoms with Crippen LogP contribution in [-0.4, -0.2) is 52.3 Å². The average molecular weight is 332 g/mol. The lowest BCUT2D eigenvalue weighted by Crippen LogP contribution is -2.33. The topological polar surface area (TPSA) is 132 Å². The summed E-state index contributed by atoms with van der Waals surface area (Å²) in [7, 11) is 0. The number of amidine groups is 1. The van der Waals surface area contributed by atoms with Crippen molar-refractivity contribution in [2.75, 3.05) is 13.2 Å². The Bertz CT molecular complexity index is 726. The zero-order valence-corrected chi connectivity index (χ0v) is 12.5. The van der Waals surface area contributed by atoms with Crippen LogP contribution in [-0.2, 0) is 9.59 Å². The molecule has 1 aromatic heterocycles. The number of nitrogens with one attached hydrogen (secondary N) is 1. The van der Waals surface area contributed by atoms with Crippen molar-refractivity contribution in [2.45, 2.75) is 6.04 Å². The number of carbonyl (C=O) groups is 2. The fourth-order valence-electron chi connectivity index (χ4n) is 1.96. The first-order valence-corrected chi connectivity index (χ1v) is 7.05. The molecule has 2 aromatic rings.